The van der Waals surface area contributed by atoms with Gasteiger partial charge in [-0.2, -0.15) is 0 Å². The van der Waals surface area contributed by atoms with Crippen molar-refractivity contribution in [2.24, 2.45) is 0 Å². The van der Waals surface area contributed by atoms with Gasteiger partial charge >= 0.3 is 0 Å². The fraction of sp³-hybridized carbons (Fsp3) is 0.556. The highest BCUT2D eigenvalue weighted by molar-refractivity contribution is 7.89. The van der Waals surface area contributed by atoms with Crippen LogP contribution in [0.5, 0.6) is 0 Å². The summed E-state index contributed by atoms with van der Waals surface area (Å²) >= 11 is 0. The van der Waals surface area contributed by atoms with E-state index in [0.29, 0.717) is 31.7 Å². The summed E-state index contributed by atoms with van der Waals surface area (Å²) in [5.41, 5.74) is 0.459. The minimum Gasteiger partial charge on any atom is -0.339 e. The number of amides is 2. The Labute approximate surface area is 154 Å². The highest BCUT2D eigenvalue weighted by Crippen LogP contribution is 2.21. The molecule has 1 saturated carbocycles. The van der Waals surface area contributed by atoms with E-state index in [1.54, 1.807) is 21.9 Å². The summed E-state index contributed by atoms with van der Waals surface area (Å²) in [7, 11) is -3.55. The van der Waals surface area contributed by atoms with Gasteiger partial charge in [-0.3, -0.25) is 9.59 Å². The summed E-state index contributed by atoms with van der Waals surface area (Å²) in [6.07, 6.45) is 3.86. The lowest BCUT2D eigenvalue weighted by molar-refractivity contribution is -0.130. The van der Waals surface area contributed by atoms with Crippen LogP contribution in [0.15, 0.2) is 29.2 Å². The Hall–Kier alpha value is -1.93. The third kappa shape index (κ3) is 4.24. The molecule has 0 aromatic heterocycles. The Morgan fingerprint density at radius 2 is 1.50 bits per heavy atom. The lowest BCUT2D eigenvalue weighted by Gasteiger charge is -2.34. The number of benzene rings is 1. The van der Waals surface area contributed by atoms with Crippen LogP contribution in [0.25, 0.3) is 0 Å². The van der Waals surface area contributed by atoms with Gasteiger partial charge in [0.05, 0.1) is 4.90 Å². The largest absolute Gasteiger partial charge is 0.339 e. The Kier molecular flexibility index (Phi) is 5.62. The first-order valence-electron chi connectivity index (χ1n) is 9.04. The molecule has 0 atom stereocenters. The standard InChI is InChI=1S/C18H25N3O4S/c1-14(22)20-10-12-21(13-11-20)18(23)15-6-8-17(9-7-15)26(24,25)19-16-4-2-3-5-16/h6-9,16,19H,2-5,10-13H2,1H3. The van der Waals surface area contributed by atoms with Gasteiger partial charge in [0.1, 0.15) is 0 Å². The number of hydrogen-bond acceptors (Lipinski definition) is 4. The molecule has 8 heteroatoms. The van der Waals surface area contributed by atoms with Crippen molar-refractivity contribution in [2.75, 3.05) is 26.2 Å². The highest BCUT2D eigenvalue weighted by atomic mass is 32.2. The summed E-state index contributed by atoms with van der Waals surface area (Å²) in [5.74, 6) is -0.123. The molecule has 1 N–H and O–H groups in total. The maximum absolute atomic E-state index is 12.6. The van der Waals surface area contributed by atoms with E-state index in [1.165, 1.54) is 19.1 Å². The molecule has 142 valence electrons. The zero-order valence-corrected chi connectivity index (χ0v) is 15.8. The number of sulfonamides is 1. The van der Waals surface area contributed by atoms with Crippen molar-refractivity contribution in [3.8, 4) is 0 Å². The van der Waals surface area contributed by atoms with Crippen molar-refractivity contribution in [3.05, 3.63) is 29.8 Å². The SMILES string of the molecule is CC(=O)N1CCN(C(=O)c2ccc(S(=O)(=O)NC3CCCC3)cc2)CC1. The second kappa shape index (κ2) is 7.75. The summed E-state index contributed by atoms with van der Waals surface area (Å²) in [6.45, 7) is 3.55. The number of carbonyl (C=O) groups excluding carboxylic acids is 2. The third-order valence-corrected chi connectivity index (χ3v) is 6.64. The van der Waals surface area contributed by atoms with Crippen LogP contribution in [-0.2, 0) is 14.8 Å². The van der Waals surface area contributed by atoms with Crippen LogP contribution in [0, 0.1) is 0 Å². The van der Waals surface area contributed by atoms with E-state index in [-0.39, 0.29) is 22.8 Å². The van der Waals surface area contributed by atoms with Crippen LogP contribution < -0.4 is 4.72 Å². The smallest absolute Gasteiger partial charge is 0.253 e. The average Bonchev–Trinajstić information content (AvgIpc) is 3.13. The van der Waals surface area contributed by atoms with Gasteiger partial charge in [0.2, 0.25) is 15.9 Å². The molecule has 26 heavy (non-hydrogen) atoms. The Bertz CT molecular complexity index is 762. The van der Waals surface area contributed by atoms with Crippen molar-refractivity contribution < 1.29 is 18.0 Å². The molecule has 3 rings (SSSR count). The molecule has 1 aliphatic heterocycles. The molecule has 0 unspecified atom stereocenters. The van der Waals surface area contributed by atoms with E-state index >= 15 is 0 Å². The van der Waals surface area contributed by atoms with Gasteiger partial charge < -0.3 is 9.80 Å². The van der Waals surface area contributed by atoms with E-state index in [1.807, 2.05) is 0 Å². The van der Waals surface area contributed by atoms with Crippen LogP contribution in [0.3, 0.4) is 0 Å². The first kappa shape index (κ1) is 18.8. The molecule has 1 aliphatic carbocycles. The highest BCUT2D eigenvalue weighted by Gasteiger charge is 2.25. The second-order valence-electron chi connectivity index (χ2n) is 6.93. The topological polar surface area (TPSA) is 86.8 Å². The van der Waals surface area contributed by atoms with Crippen LogP contribution in [0.4, 0.5) is 0 Å². The van der Waals surface area contributed by atoms with E-state index < -0.39 is 10.0 Å². The first-order chi connectivity index (χ1) is 12.4. The van der Waals surface area contributed by atoms with E-state index in [4.69, 9.17) is 0 Å². The number of carbonyl (C=O) groups is 2. The molecule has 2 amide bonds. The van der Waals surface area contributed by atoms with E-state index in [0.717, 1.165) is 25.7 Å². The van der Waals surface area contributed by atoms with Gasteiger partial charge in [-0.05, 0) is 37.1 Å². The lowest BCUT2D eigenvalue weighted by Crippen LogP contribution is -2.50. The van der Waals surface area contributed by atoms with Crippen molar-refractivity contribution in [2.45, 2.75) is 43.5 Å². The van der Waals surface area contributed by atoms with Gasteiger partial charge in [-0.1, -0.05) is 12.8 Å². The molecule has 0 radical (unpaired) electrons. The fourth-order valence-electron chi connectivity index (χ4n) is 3.51. The van der Waals surface area contributed by atoms with Gasteiger partial charge in [0.15, 0.2) is 0 Å². The number of nitrogens with zero attached hydrogens (tertiary/aromatic N) is 2. The molecule has 1 aromatic rings. The maximum atomic E-state index is 12.6. The minimum absolute atomic E-state index is 0.0129. The molecule has 0 spiro atoms. The molecule has 2 fully saturated rings. The quantitative estimate of drug-likeness (QED) is 0.852. The third-order valence-electron chi connectivity index (χ3n) is 5.10. The zero-order valence-electron chi connectivity index (χ0n) is 15.0. The second-order valence-corrected chi connectivity index (χ2v) is 8.64. The van der Waals surface area contributed by atoms with Crippen LogP contribution in [0.1, 0.15) is 43.0 Å². The Balaban J connectivity index is 1.63. The van der Waals surface area contributed by atoms with Crippen LogP contribution >= 0.6 is 0 Å². The number of hydrogen-bond donors (Lipinski definition) is 1. The molecule has 2 aliphatic rings. The molecular formula is C18H25N3O4S. The number of nitrogens with one attached hydrogen (secondary N) is 1. The zero-order chi connectivity index (χ0) is 18.7. The Morgan fingerprint density at radius 1 is 0.962 bits per heavy atom. The summed E-state index contributed by atoms with van der Waals surface area (Å²) in [4.78, 5) is 27.5. The van der Waals surface area contributed by atoms with Crippen molar-refractivity contribution in [1.29, 1.82) is 0 Å². The van der Waals surface area contributed by atoms with Gasteiger partial charge in [-0.25, -0.2) is 13.1 Å². The van der Waals surface area contributed by atoms with Crippen molar-refractivity contribution in [3.63, 3.8) is 0 Å². The molecule has 1 aromatic carbocycles. The molecular weight excluding hydrogens is 354 g/mol. The predicted octanol–water partition coefficient (Wildman–Crippen LogP) is 1.21. The van der Waals surface area contributed by atoms with Crippen LogP contribution in [0.2, 0.25) is 0 Å². The van der Waals surface area contributed by atoms with E-state index in [2.05, 4.69) is 4.72 Å². The fourth-order valence-corrected chi connectivity index (χ4v) is 4.82. The number of rotatable bonds is 4. The monoisotopic (exact) mass is 379 g/mol. The number of piperazine rings is 1. The van der Waals surface area contributed by atoms with Gasteiger partial charge in [-0.15, -0.1) is 0 Å². The normalized spacial score (nSPS) is 19.0. The molecule has 0 bridgehead atoms. The molecule has 1 heterocycles. The summed E-state index contributed by atoms with van der Waals surface area (Å²) in [6, 6.07) is 6.09. The van der Waals surface area contributed by atoms with Gasteiger partial charge in [0, 0.05) is 44.7 Å². The summed E-state index contributed by atoms with van der Waals surface area (Å²) < 4.78 is 27.6. The van der Waals surface area contributed by atoms with Gasteiger partial charge in [0.25, 0.3) is 5.91 Å². The van der Waals surface area contributed by atoms with E-state index in [9.17, 15) is 18.0 Å². The van der Waals surface area contributed by atoms with Crippen LogP contribution in [-0.4, -0.2) is 62.3 Å². The minimum atomic E-state index is -3.55. The van der Waals surface area contributed by atoms with Crippen molar-refractivity contribution >= 4 is 21.8 Å². The molecule has 1 saturated heterocycles. The average molecular weight is 379 g/mol. The maximum Gasteiger partial charge on any atom is 0.253 e. The summed E-state index contributed by atoms with van der Waals surface area (Å²) in [5, 5.41) is 0. The predicted molar refractivity (Wildman–Crippen MR) is 97.2 cm³/mol. The van der Waals surface area contributed by atoms with Crippen molar-refractivity contribution in [1.82, 2.24) is 14.5 Å². The lowest BCUT2D eigenvalue weighted by atomic mass is 10.2. The first-order valence-corrected chi connectivity index (χ1v) is 10.5. The Morgan fingerprint density at radius 3 is 2.04 bits per heavy atom. The molecule has 7 nitrogen and oxygen atoms in total.